The highest BCUT2D eigenvalue weighted by atomic mass is 35.5. The van der Waals surface area contributed by atoms with E-state index in [4.69, 9.17) is 4.98 Å². The van der Waals surface area contributed by atoms with Gasteiger partial charge in [0.15, 0.2) is 0 Å². The van der Waals surface area contributed by atoms with E-state index in [9.17, 15) is 0 Å². The maximum Gasteiger partial charge on any atom is 0.105 e. The molecular weight excluding hydrogens is 368 g/mol. The second kappa shape index (κ2) is 9.48. The zero-order chi connectivity index (χ0) is 16.9. The van der Waals surface area contributed by atoms with Crippen LogP contribution < -0.4 is 0 Å². The lowest BCUT2D eigenvalue weighted by Crippen LogP contribution is -2.14. The third kappa shape index (κ3) is 5.14. The third-order valence-electron chi connectivity index (χ3n) is 3.87. The smallest absolute Gasteiger partial charge is 0.105 e. The van der Waals surface area contributed by atoms with Crippen molar-refractivity contribution in [3.8, 4) is 11.1 Å². The summed E-state index contributed by atoms with van der Waals surface area (Å²) >= 11 is 3.61. The number of halogens is 1. The molecule has 132 valence electrons. The molecule has 5 heteroatoms. The molecule has 0 bridgehead atoms. The number of para-hydroxylation sites is 1. The molecule has 0 saturated carbocycles. The SMILES string of the molecule is CSc1ccc(-c2cc3ccccc3nc2SCCN(C)C)cc1.Cl. The molecule has 1 aromatic heterocycles. The first-order chi connectivity index (χ1) is 11.7. The molecule has 25 heavy (non-hydrogen) atoms. The minimum atomic E-state index is 0. The van der Waals surface area contributed by atoms with Gasteiger partial charge in [-0.2, -0.15) is 0 Å². The maximum atomic E-state index is 4.93. The third-order valence-corrected chi connectivity index (χ3v) is 5.58. The lowest BCUT2D eigenvalue weighted by atomic mass is 10.1. The summed E-state index contributed by atoms with van der Waals surface area (Å²) in [6.45, 7) is 1.05. The topological polar surface area (TPSA) is 16.1 Å². The van der Waals surface area contributed by atoms with Gasteiger partial charge in [0, 0.05) is 28.1 Å². The highest BCUT2D eigenvalue weighted by Crippen LogP contribution is 2.33. The van der Waals surface area contributed by atoms with Crippen molar-refractivity contribution in [2.24, 2.45) is 0 Å². The molecule has 3 aromatic rings. The van der Waals surface area contributed by atoms with Crippen LogP contribution in [0, 0.1) is 0 Å². The molecule has 0 aliphatic rings. The van der Waals surface area contributed by atoms with Crippen LogP contribution >= 0.6 is 35.9 Å². The molecule has 0 fully saturated rings. The van der Waals surface area contributed by atoms with Crippen LogP contribution in [0.5, 0.6) is 0 Å². The number of aromatic nitrogens is 1. The van der Waals surface area contributed by atoms with Crippen LogP contribution in [-0.2, 0) is 0 Å². The van der Waals surface area contributed by atoms with Crippen molar-refractivity contribution in [2.45, 2.75) is 9.92 Å². The highest BCUT2D eigenvalue weighted by molar-refractivity contribution is 7.99. The van der Waals surface area contributed by atoms with Crippen LogP contribution in [0.4, 0.5) is 0 Å². The van der Waals surface area contributed by atoms with Gasteiger partial charge >= 0.3 is 0 Å². The monoisotopic (exact) mass is 390 g/mol. The fraction of sp³-hybridized carbons (Fsp3) is 0.250. The van der Waals surface area contributed by atoms with Crippen molar-refractivity contribution in [3.63, 3.8) is 0 Å². The zero-order valence-corrected chi connectivity index (χ0v) is 17.2. The molecule has 3 rings (SSSR count). The van der Waals surface area contributed by atoms with Gasteiger partial charge in [0.05, 0.1) is 5.52 Å². The first-order valence-electron chi connectivity index (χ1n) is 7.99. The summed E-state index contributed by atoms with van der Waals surface area (Å²) < 4.78 is 0. The molecule has 0 saturated heterocycles. The van der Waals surface area contributed by atoms with Crippen molar-refractivity contribution in [3.05, 3.63) is 54.6 Å². The Morgan fingerprint density at radius 2 is 1.72 bits per heavy atom. The van der Waals surface area contributed by atoms with E-state index in [0.29, 0.717) is 0 Å². The van der Waals surface area contributed by atoms with Crippen LogP contribution in [0.15, 0.2) is 64.5 Å². The molecule has 1 heterocycles. The Morgan fingerprint density at radius 3 is 2.40 bits per heavy atom. The molecule has 0 atom stereocenters. The van der Waals surface area contributed by atoms with Gasteiger partial charge in [0.2, 0.25) is 0 Å². The molecule has 2 aromatic carbocycles. The average molecular weight is 391 g/mol. The van der Waals surface area contributed by atoms with Crippen molar-refractivity contribution in [1.82, 2.24) is 9.88 Å². The summed E-state index contributed by atoms with van der Waals surface area (Å²) in [4.78, 5) is 8.43. The molecule has 0 radical (unpaired) electrons. The van der Waals surface area contributed by atoms with Crippen LogP contribution in [0.2, 0.25) is 0 Å². The van der Waals surface area contributed by atoms with E-state index in [1.54, 1.807) is 11.8 Å². The Hall–Kier alpha value is -1.20. The second-order valence-corrected chi connectivity index (χ2v) is 7.88. The Kier molecular flexibility index (Phi) is 7.63. The van der Waals surface area contributed by atoms with E-state index < -0.39 is 0 Å². The van der Waals surface area contributed by atoms with Gasteiger partial charge in [-0.25, -0.2) is 4.98 Å². The number of fused-ring (bicyclic) bond motifs is 1. The predicted molar refractivity (Wildman–Crippen MR) is 115 cm³/mol. The number of hydrogen-bond donors (Lipinski definition) is 0. The fourth-order valence-corrected chi connectivity index (χ4v) is 4.06. The standard InChI is InChI=1S/C20H22N2S2.ClH/c1-22(2)12-13-24-20-18(15-8-10-17(23-3)11-9-15)14-16-6-4-5-7-19(16)21-20;/h4-11,14H,12-13H2,1-3H3;1H. The zero-order valence-electron chi connectivity index (χ0n) is 14.7. The van der Waals surface area contributed by atoms with Crippen molar-refractivity contribution < 1.29 is 0 Å². The van der Waals surface area contributed by atoms with Crippen LogP contribution in [0.25, 0.3) is 22.0 Å². The Labute approximate surface area is 164 Å². The maximum absolute atomic E-state index is 4.93. The summed E-state index contributed by atoms with van der Waals surface area (Å²) in [5, 5.41) is 2.31. The molecule has 0 N–H and O–H groups in total. The van der Waals surface area contributed by atoms with E-state index in [2.05, 4.69) is 79.8 Å². The quantitative estimate of drug-likeness (QED) is 0.501. The van der Waals surface area contributed by atoms with Gasteiger partial charge in [-0.3, -0.25) is 0 Å². The number of benzene rings is 2. The second-order valence-electron chi connectivity index (χ2n) is 5.91. The summed E-state index contributed by atoms with van der Waals surface area (Å²) in [5.74, 6) is 1.04. The van der Waals surface area contributed by atoms with Gasteiger partial charge in [-0.1, -0.05) is 30.3 Å². The van der Waals surface area contributed by atoms with Gasteiger partial charge in [-0.15, -0.1) is 35.9 Å². The Morgan fingerprint density at radius 1 is 1.00 bits per heavy atom. The average Bonchev–Trinajstić information content (AvgIpc) is 2.61. The normalized spacial score (nSPS) is 10.9. The van der Waals surface area contributed by atoms with Crippen molar-refractivity contribution >= 4 is 46.8 Å². The minimum Gasteiger partial charge on any atom is -0.309 e. The number of pyridine rings is 1. The molecule has 0 unspecified atom stereocenters. The number of thioether (sulfide) groups is 2. The van der Waals surface area contributed by atoms with Gasteiger partial charge < -0.3 is 4.90 Å². The van der Waals surface area contributed by atoms with Gasteiger partial charge in [0.25, 0.3) is 0 Å². The van der Waals surface area contributed by atoms with E-state index in [-0.39, 0.29) is 12.4 Å². The first-order valence-corrected chi connectivity index (χ1v) is 10.2. The van der Waals surface area contributed by atoms with Crippen molar-refractivity contribution in [2.75, 3.05) is 32.6 Å². The lowest BCUT2D eigenvalue weighted by molar-refractivity contribution is 0.437. The van der Waals surface area contributed by atoms with Crippen molar-refractivity contribution in [1.29, 1.82) is 0 Å². The van der Waals surface area contributed by atoms with Crippen LogP contribution in [-0.4, -0.2) is 42.5 Å². The molecule has 0 aliphatic carbocycles. The van der Waals surface area contributed by atoms with Crippen LogP contribution in [0.3, 0.4) is 0 Å². The molecule has 0 aliphatic heterocycles. The van der Waals surface area contributed by atoms with E-state index in [0.717, 1.165) is 22.8 Å². The Balaban J connectivity index is 0.00000225. The molecular formula is C20H23ClN2S2. The molecule has 0 amide bonds. The minimum absolute atomic E-state index is 0. The van der Waals surface area contributed by atoms with Gasteiger partial charge in [-0.05, 0) is 50.2 Å². The summed E-state index contributed by atoms with van der Waals surface area (Å²) in [7, 11) is 4.22. The molecule has 0 spiro atoms. The first kappa shape index (κ1) is 20.1. The number of hydrogen-bond acceptors (Lipinski definition) is 4. The van der Waals surface area contributed by atoms with Gasteiger partial charge in [0.1, 0.15) is 5.03 Å². The lowest BCUT2D eigenvalue weighted by Gasteiger charge is -2.13. The van der Waals surface area contributed by atoms with Crippen LogP contribution in [0.1, 0.15) is 0 Å². The number of rotatable bonds is 6. The highest BCUT2D eigenvalue weighted by Gasteiger charge is 2.10. The van der Waals surface area contributed by atoms with E-state index in [1.165, 1.54) is 21.4 Å². The van der Waals surface area contributed by atoms with E-state index in [1.807, 2.05) is 11.8 Å². The largest absolute Gasteiger partial charge is 0.309 e. The number of nitrogens with zero attached hydrogens (tertiary/aromatic N) is 2. The summed E-state index contributed by atoms with van der Waals surface area (Å²) in [6.07, 6.45) is 2.11. The fourth-order valence-electron chi connectivity index (χ4n) is 2.51. The Bertz CT molecular complexity index is 820. The summed E-state index contributed by atoms with van der Waals surface area (Å²) in [5.41, 5.74) is 3.53. The molecule has 2 nitrogen and oxygen atoms in total. The predicted octanol–water partition coefficient (Wildman–Crippen LogP) is 5.70. The summed E-state index contributed by atoms with van der Waals surface area (Å²) in [6, 6.07) is 19.4. The van der Waals surface area contributed by atoms with E-state index >= 15 is 0 Å².